The normalized spacial score (nSPS) is 13.6. The molecule has 0 bridgehead atoms. The lowest BCUT2D eigenvalue weighted by Crippen LogP contribution is -2.30. The van der Waals surface area contributed by atoms with E-state index in [0.717, 1.165) is 29.8 Å². The fraction of sp³-hybridized carbons (Fsp3) is 0.400. The molecular weight excluding hydrogens is 316 g/mol. The van der Waals surface area contributed by atoms with Gasteiger partial charge in [-0.2, -0.15) is 0 Å². The van der Waals surface area contributed by atoms with Gasteiger partial charge in [0, 0.05) is 31.0 Å². The Balaban J connectivity index is 1.57. The van der Waals surface area contributed by atoms with Crippen molar-refractivity contribution in [3.8, 4) is 0 Å². The highest BCUT2D eigenvalue weighted by Gasteiger charge is 2.29. The lowest BCUT2D eigenvalue weighted by molar-refractivity contribution is -0.133. The van der Waals surface area contributed by atoms with Crippen LogP contribution in [0.4, 0.5) is 0 Å². The molecule has 5 heteroatoms. The van der Waals surface area contributed by atoms with E-state index in [9.17, 15) is 9.59 Å². The second-order valence-corrected chi connectivity index (χ2v) is 6.70. The average Bonchev–Trinajstić information content (AvgIpc) is 3.38. The van der Waals surface area contributed by atoms with Gasteiger partial charge in [0.15, 0.2) is 6.61 Å². The predicted molar refractivity (Wildman–Crippen MR) is 95.4 cm³/mol. The minimum Gasteiger partial charge on any atom is -0.452 e. The van der Waals surface area contributed by atoms with Crippen LogP contribution >= 0.6 is 0 Å². The number of esters is 1. The zero-order valence-corrected chi connectivity index (χ0v) is 15.0. The molecule has 0 aliphatic heterocycles. The molecule has 1 aromatic carbocycles. The number of likely N-dealkylation sites (N-methyl/N-ethyl adjacent to an activating group) is 1. The van der Waals surface area contributed by atoms with Gasteiger partial charge in [-0.3, -0.25) is 4.79 Å². The Morgan fingerprint density at radius 3 is 2.52 bits per heavy atom. The molecule has 1 aliphatic rings. The number of amides is 1. The Kier molecular flexibility index (Phi) is 4.93. The summed E-state index contributed by atoms with van der Waals surface area (Å²) in [5.41, 5.74) is 3.59. The molecular formula is C20H24N2O3. The standard InChI is InChI=1S/C20H24N2O3/c1-14-11-18(15(2)22(14)17-9-10-17)20(24)25-13-19(23)21(3)12-16-7-5-4-6-8-16/h4-8,11,17H,9-10,12-13H2,1-3H3. The number of nitrogens with zero attached hydrogens (tertiary/aromatic N) is 2. The van der Waals surface area contributed by atoms with Gasteiger partial charge in [-0.05, 0) is 38.3 Å². The Bertz CT molecular complexity index is 776. The number of hydrogen-bond donors (Lipinski definition) is 0. The van der Waals surface area contributed by atoms with Gasteiger partial charge in [-0.25, -0.2) is 4.79 Å². The highest BCUT2D eigenvalue weighted by molar-refractivity contribution is 5.92. The van der Waals surface area contributed by atoms with Crippen molar-refractivity contribution < 1.29 is 14.3 Å². The average molecular weight is 340 g/mol. The smallest absolute Gasteiger partial charge is 0.340 e. The van der Waals surface area contributed by atoms with Crippen molar-refractivity contribution in [1.29, 1.82) is 0 Å². The van der Waals surface area contributed by atoms with Crippen LogP contribution in [0.2, 0.25) is 0 Å². The van der Waals surface area contributed by atoms with Crippen LogP contribution in [0.1, 0.15) is 46.2 Å². The third-order valence-electron chi connectivity index (χ3n) is 4.63. The van der Waals surface area contributed by atoms with Gasteiger partial charge in [0.1, 0.15) is 0 Å². The number of rotatable bonds is 6. The van der Waals surface area contributed by atoms with Crippen molar-refractivity contribution >= 4 is 11.9 Å². The molecule has 1 aliphatic carbocycles. The lowest BCUT2D eigenvalue weighted by atomic mass is 10.2. The Morgan fingerprint density at radius 1 is 1.20 bits per heavy atom. The summed E-state index contributed by atoms with van der Waals surface area (Å²) in [7, 11) is 1.71. The van der Waals surface area contributed by atoms with Gasteiger partial charge in [-0.1, -0.05) is 30.3 Å². The molecule has 3 rings (SSSR count). The van der Waals surface area contributed by atoms with Crippen molar-refractivity contribution in [2.24, 2.45) is 0 Å². The molecule has 0 unspecified atom stereocenters. The van der Waals surface area contributed by atoms with Crippen LogP contribution < -0.4 is 0 Å². The first kappa shape index (κ1) is 17.3. The number of aryl methyl sites for hydroxylation is 1. The van der Waals surface area contributed by atoms with Gasteiger partial charge < -0.3 is 14.2 Å². The molecule has 0 N–H and O–H groups in total. The highest BCUT2D eigenvalue weighted by Crippen LogP contribution is 2.38. The zero-order valence-electron chi connectivity index (χ0n) is 15.0. The maximum atomic E-state index is 12.4. The van der Waals surface area contributed by atoms with Gasteiger partial charge in [0.05, 0.1) is 5.56 Å². The number of hydrogen-bond acceptors (Lipinski definition) is 3. The van der Waals surface area contributed by atoms with Crippen LogP contribution in [-0.4, -0.2) is 35.0 Å². The van der Waals surface area contributed by atoms with Gasteiger partial charge in [-0.15, -0.1) is 0 Å². The largest absolute Gasteiger partial charge is 0.452 e. The topological polar surface area (TPSA) is 51.5 Å². The Hall–Kier alpha value is -2.56. The summed E-state index contributed by atoms with van der Waals surface area (Å²) in [4.78, 5) is 26.1. The molecule has 0 saturated heterocycles. The van der Waals surface area contributed by atoms with Crippen LogP contribution in [0.5, 0.6) is 0 Å². The minimum absolute atomic E-state index is 0.215. The van der Waals surface area contributed by atoms with Crippen molar-refractivity contribution in [2.45, 2.75) is 39.3 Å². The number of carbonyl (C=O) groups is 2. The first-order chi connectivity index (χ1) is 12.0. The number of ether oxygens (including phenoxy) is 1. The summed E-state index contributed by atoms with van der Waals surface area (Å²) < 4.78 is 7.45. The quantitative estimate of drug-likeness (QED) is 0.759. The molecule has 1 amide bonds. The summed E-state index contributed by atoms with van der Waals surface area (Å²) in [6.07, 6.45) is 2.32. The molecule has 0 atom stereocenters. The van der Waals surface area contributed by atoms with Crippen molar-refractivity contribution in [1.82, 2.24) is 9.47 Å². The van der Waals surface area contributed by atoms with E-state index < -0.39 is 5.97 Å². The van der Waals surface area contributed by atoms with E-state index in [1.54, 1.807) is 11.9 Å². The van der Waals surface area contributed by atoms with Crippen molar-refractivity contribution in [3.05, 3.63) is 58.9 Å². The Labute approximate surface area is 148 Å². The molecule has 0 spiro atoms. The fourth-order valence-corrected chi connectivity index (χ4v) is 3.14. The number of benzene rings is 1. The van der Waals surface area contributed by atoms with Crippen LogP contribution in [0, 0.1) is 13.8 Å². The third-order valence-corrected chi connectivity index (χ3v) is 4.63. The molecule has 1 heterocycles. The molecule has 25 heavy (non-hydrogen) atoms. The maximum Gasteiger partial charge on any atom is 0.340 e. The van der Waals surface area contributed by atoms with Gasteiger partial charge in [0.25, 0.3) is 5.91 Å². The van der Waals surface area contributed by atoms with Crippen molar-refractivity contribution in [3.63, 3.8) is 0 Å². The summed E-state index contributed by atoms with van der Waals surface area (Å²) >= 11 is 0. The van der Waals surface area contributed by atoms with Crippen LogP contribution in [0.15, 0.2) is 36.4 Å². The van der Waals surface area contributed by atoms with E-state index in [4.69, 9.17) is 4.74 Å². The summed E-state index contributed by atoms with van der Waals surface area (Å²) in [6.45, 7) is 4.19. The first-order valence-electron chi connectivity index (χ1n) is 8.61. The Morgan fingerprint density at radius 2 is 1.88 bits per heavy atom. The number of carbonyl (C=O) groups excluding carboxylic acids is 2. The summed E-state index contributed by atoms with van der Waals surface area (Å²) in [6, 6.07) is 12.1. The van der Waals surface area contributed by atoms with Gasteiger partial charge >= 0.3 is 5.97 Å². The second-order valence-electron chi connectivity index (χ2n) is 6.70. The molecule has 1 aromatic heterocycles. The van der Waals surface area contributed by atoms with Gasteiger partial charge in [0.2, 0.25) is 0 Å². The van der Waals surface area contributed by atoms with Crippen molar-refractivity contribution in [2.75, 3.05) is 13.7 Å². The fourth-order valence-electron chi connectivity index (χ4n) is 3.14. The molecule has 132 valence electrons. The third kappa shape index (κ3) is 3.92. The second kappa shape index (κ2) is 7.13. The minimum atomic E-state index is -0.429. The maximum absolute atomic E-state index is 12.4. The molecule has 0 radical (unpaired) electrons. The van der Waals surface area contributed by atoms with Crippen LogP contribution in [0.25, 0.3) is 0 Å². The zero-order chi connectivity index (χ0) is 18.0. The van der Waals surface area contributed by atoms with Crippen LogP contribution in [0.3, 0.4) is 0 Å². The SMILES string of the molecule is Cc1cc(C(=O)OCC(=O)N(C)Cc2ccccc2)c(C)n1C1CC1. The van der Waals surface area contributed by atoms with E-state index in [1.807, 2.05) is 50.2 Å². The monoisotopic (exact) mass is 340 g/mol. The summed E-state index contributed by atoms with van der Waals surface area (Å²) in [5, 5.41) is 0. The van der Waals surface area contributed by atoms with E-state index in [0.29, 0.717) is 18.2 Å². The first-order valence-corrected chi connectivity index (χ1v) is 8.61. The lowest BCUT2D eigenvalue weighted by Gasteiger charge is -2.17. The van der Waals surface area contributed by atoms with E-state index in [2.05, 4.69) is 4.57 Å². The molecule has 1 fully saturated rings. The summed E-state index contributed by atoms with van der Waals surface area (Å²) in [5.74, 6) is -0.644. The predicted octanol–water partition coefficient (Wildman–Crippen LogP) is 3.26. The number of aromatic nitrogens is 1. The molecule has 5 nitrogen and oxygen atoms in total. The highest BCUT2D eigenvalue weighted by atomic mass is 16.5. The van der Waals surface area contributed by atoms with E-state index in [1.165, 1.54) is 0 Å². The van der Waals surface area contributed by atoms with E-state index >= 15 is 0 Å². The van der Waals surface area contributed by atoms with Crippen LogP contribution in [-0.2, 0) is 16.1 Å². The molecule has 1 saturated carbocycles. The van der Waals surface area contributed by atoms with E-state index in [-0.39, 0.29) is 12.5 Å². The molecule has 2 aromatic rings.